The van der Waals surface area contributed by atoms with E-state index in [1.54, 1.807) is 26.8 Å². The molecule has 1 aliphatic heterocycles. The van der Waals surface area contributed by atoms with Gasteiger partial charge in [-0.15, -0.1) is 10.1 Å². The summed E-state index contributed by atoms with van der Waals surface area (Å²) in [5.74, 6) is -0.516. The molecule has 13 nitrogen and oxygen atoms in total. The highest BCUT2D eigenvalue weighted by Gasteiger charge is 2.35. The van der Waals surface area contributed by atoms with Crippen molar-refractivity contribution >= 4 is 29.1 Å². The molecule has 0 aliphatic carbocycles. The smallest absolute Gasteiger partial charge is 0.414 e. The molecule has 0 radical (unpaired) electrons. The summed E-state index contributed by atoms with van der Waals surface area (Å²) in [6.07, 6.45) is -0.487. The number of carbonyl (C=O) groups excluding carboxylic acids is 2. The zero-order valence-electron chi connectivity index (χ0n) is 22.7. The van der Waals surface area contributed by atoms with Gasteiger partial charge < -0.3 is 4.74 Å². The molecule has 0 N–H and O–H groups in total. The summed E-state index contributed by atoms with van der Waals surface area (Å²) in [6.45, 7) is 5.08. The first-order valence-electron chi connectivity index (χ1n) is 12.5. The van der Waals surface area contributed by atoms with Crippen LogP contribution < -0.4 is 9.74 Å². The Morgan fingerprint density at radius 2 is 1.66 bits per heavy atom. The summed E-state index contributed by atoms with van der Waals surface area (Å²) in [5, 5.41) is 27.5. The largest absolute Gasteiger partial charge is 0.443 e. The van der Waals surface area contributed by atoms with Gasteiger partial charge in [-0.25, -0.2) is 9.80 Å². The predicted molar refractivity (Wildman–Crippen MR) is 148 cm³/mol. The monoisotopic (exact) mass is 561 g/mol. The van der Waals surface area contributed by atoms with Crippen molar-refractivity contribution in [3.05, 3.63) is 110 Å². The van der Waals surface area contributed by atoms with E-state index >= 15 is 0 Å². The van der Waals surface area contributed by atoms with Crippen molar-refractivity contribution in [2.75, 3.05) is 11.9 Å². The lowest BCUT2D eigenvalue weighted by atomic mass is 9.97. The van der Waals surface area contributed by atoms with Gasteiger partial charge in [-0.3, -0.25) is 24.6 Å². The average molecular weight is 562 g/mol. The maximum atomic E-state index is 13.5. The topological polar surface area (TPSA) is 158 Å². The van der Waals surface area contributed by atoms with E-state index in [-0.39, 0.29) is 29.1 Å². The zero-order chi connectivity index (χ0) is 29.9. The van der Waals surface area contributed by atoms with Crippen LogP contribution in [0.25, 0.3) is 0 Å². The molecule has 0 fully saturated rings. The molecule has 0 bridgehead atoms. The molecule has 1 aliphatic rings. The fourth-order valence-electron chi connectivity index (χ4n) is 4.25. The summed E-state index contributed by atoms with van der Waals surface area (Å²) in [4.78, 5) is 53.6. The number of ether oxygens (including phenoxy) is 1. The van der Waals surface area contributed by atoms with Crippen molar-refractivity contribution < 1.29 is 29.2 Å². The molecular weight excluding hydrogens is 534 g/mol. The SMILES string of the molecule is CN(C(=O)OC(C)(C)C)c1ccc(C2=NN(C(=O)c3ccc(O[N+](=O)[O-])cc3)C(c3ccccc3)C2)cc1[N+](=O)[O-]. The number of amides is 2. The third-order valence-electron chi connectivity index (χ3n) is 6.12. The van der Waals surface area contributed by atoms with Crippen molar-refractivity contribution in [3.8, 4) is 5.75 Å². The van der Waals surface area contributed by atoms with Crippen LogP contribution in [-0.2, 0) is 4.74 Å². The van der Waals surface area contributed by atoms with Crippen LogP contribution in [0, 0.1) is 20.2 Å². The van der Waals surface area contributed by atoms with Gasteiger partial charge in [0.05, 0.1) is 16.7 Å². The molecule has 3 aromatic carbocycles. The van der Waals surface area contributed by atoms with E-state index in [0.29, 0.717) is 11.3 Å². The molecule has 1 heterocycles. The van der Waals surface area contributed by atoms with Crippen LogP contribution in [0.4, 0.5) is 16.2 Å². The Balaban J connectivity index is 1.69. The van der Waals surface area contributed by atoms with Crippen LogP contribution in [0.2, 0.25) is 0 Å². The first kappa shape index (κ1) is 28.7. The molecule has 0 spiro atoms. The molecule has 2 amide bonds. The fraction of sp³-hybridized carbons (Fsp3) is 0.250. The van der Waals surface area contributed by atoms with Gasteiger partial charge in [0.15, 0.2) is 0 Å². The van der Waals surface area contributed by atoms with Gasteiger partial charge in [-0.2, -0.15) is 5.10 Å². The summed E-state index contributed by atoms with van der Waals surface area (Å²) in [7, 11) is 1.39. The van der Waals surface area contributed by atoms with Crippen molar-refractivity contribution in [2.45, 2.75) is 38.8 Å². The minimum atomic E-state index is -0.949. The van der Waals surface area contributed by atoms with Crippen molar-refractivity contribution in [2.24, 2.45) is 5.10 Å². The summed E-state index contributed by atoms with van der Waals surface area (Å²) < 4.78 is 5.35. The van der Waals surface area contributed by atoms with Crippen LogP contribution in [0.5, 0.6) is 5.75 Å². The Morgan fingerprint density at radius 1 is 1.00 bits per heavy atom. The Morgan fingerprint density at radius 3 is 2.24 bits per heavy atom. The van der Waals surface area contributed by atoms with Crippen LogP contribution in [-0.4, -0.2) is 45.4 Å². The molecule has 0 saturated heterocycles. The number of nitro benzene ring substituents is 1. The lowest BCUT2D eigenvalue weighted by Crippen LogP contribution is -2.34. The second-order valence-electron chi connectivity index (χ2n) is 10.2. The van der Waals surface area contributed by atoms with Gasteiger partial charge in [-0.05, 0) is 56.7 Å². The first-order chi connectivity index (χ1) is 19.3. The fourth-order valence-corrected chi connectivity index (χ4v) is 4.25. The Bertz CT molecular complexity index is 1520. The molecule has 1 atom stereocenters. The molecule has 13 heteroatoms. The highest BCUT2D eigenvalue weighted by atomic mass is 17.0. The number of hydrogen-bond acceptors (Lipinski definition) is 9. The van der Waals surface area contributed by atoms with Crippen molar-refractivity contribution in [1.29, 1.82) is 0 Å². The molecule has 1 unspecified atom stereocenters. The number of anilines is 1. The normalized spacial score (nSPS) is 14.7. The quantitative estimate of drug-likeness (QED) is 0.269. The predicted octanol–water partition coefficient (Wildman–Crippen LogP) is 5.53. The minimum Gasteiger partial charge on any atom is -0.443 e. The molecule has 212 valence electrons. The Kier molecular flexibility index (Phi) is 7.99. The van der Waals surface area contributed by atoms with Gasteiger partial charge in [0.2, 0.25) is 0 Å². The summed E-state index contributed by atoms with van der Waals surface area (Å²) >= 11 is 0. The van der Waals surface area contributed by atoms with Crippen LogP contribution in [0.15, 0.2) is 77.9 Å². The van der Waals surface area contributed by atoms with Crippen molar-refractivity contribution in [1.82, 2.24) is 5.01 Å². The first-order valence-corrected chi connectivity index (χ1v) is 12.5. The third-order valence-corrected chi connectivity index (χ3v) is 6.12. The molecule has 0 aromatic heterocycles. The van der Waals surface area contributed by atoms with E-state index in [1.165, 1.54) is 48.5 Å². The number of hydrazone groups is 1. The van der Waals surface area contributed by atoms with E-state index in [1.807, 2.05) is 30.3 Å². The van der Waals surface area contributed by atoms with Crippen molar-refractivity contribution in [3.63, 3.8) is 0 Å². The summed E-state index contributed by atoms with van der Waals surface area (Å²) in [5.41, 5.74) is 0.757. The molecule has 4 rings (SSSR count). The molecular formula is C28H27N5O8. The van der Waals surface area contributed by atoms with Gasteiger partial charge in [-0.1, -0.05) is 36.4 Å². The number of nitrogens with zero attached hydrogens (tertiary/aromatic N) is 5. The minimum absolute atomic E-state index is 0.0381. The number of carbonyl (C=O) groups is 2. The highest BCUT2D eigenvalue weighted by Crippen LogP contribution is 2.36. The number of rotatable bonds is 7. The second kappa shape index (κ2) is 11.4. The molecule has 3 aromatic rings. The number of hydrogen-bond donors (Lipinski definition) is 0. The highest BCUT2D eigenvalue weighted by molar-refractivity contribution is 6.06. The lowest BCUT2D eigenvalue weighted by Gasteiger charge is -2.24. The zero-order valence-corrected chi connectivity index (χ0v) is 22.7. The van der Waals surface area contributed by atoms with Crippen LogP contribution in [0.3, 0.4) is 0 Å². The average Bonchev–Trinajstić information content (AvgIpc) is 3.37. The van der Waals surface area contributed by atoms with E-state index in [0.717, 1.165) is 10.5 Å². The Labute approximate surface area is 234 Å². The van der Waals surface area contributed by atoms with E-state index in [4.69, 9.17) is 4.74 Å². The lowest BCUT2D eigenvalue weighted by molar-refractivity contribution is -0.711. The summed E-state index contributed by atoms with van der Waals surface area (Å²) in [6, 6.07) is 18.4. The van der Waals surface area contributed by atoms with E-state index < -0.39 is 33.7 Å². The van der Waals surface area contributed by atoms with E-state index in [2.05, 4.69) is 9.94 Å². The van der Waals surface area contributed by atoms with Gasteiger partial charge >= 0.3 is 6.09 Å². The number of nitro groups is 1. The van der Waals surface area contributed by atoms with Gasteiger partial charge in [0, 0.05) is 30.7 Å². The van der Waals surface area contributed by atoms with Gasteiger partial charge in [0.1, 0.15) is 17.0 Å². The van der Waals surface area contributed by atoms with Gasteiger partial charge in [0.25, 0.3) is 16.7 Å². The van der Waals surface area contributed by atoms with E-state index in [9.17, 15) is 29.8 Å². The molecule has 0 saturated carbocycles. The standard InChI is InChI=1S/C28H27N5O8/c1-28(2,3)40-27(35)30(4)23-15-12-20(16-25(23)32(36)37)22-17-24(18-8-6-5-7-9-18)31(29-22)26(34)19-10-13-21(14-11-19)41-33(38)39/h5-16,24H,17H2,1-4H3. The Hall–Kier alpha value is -5.33. The van der Waals surface area contributed by atoms with Crippen LogP contribution >= 0.6 is 0 Å². The third kappa shape index (κ3) is 6.64. The maximum Gasteiger partial charge on any atom is 0.414 e. The van der Waals surface area contributed by atoms with Crippen LogP contribution in [0.1, 0.15) is 54.7 Å². The number of benzene rings is 3. The second-order valence-corrected chi connectivity index (χ2v) is 10.2. The molecule has 41 heavy (non-hydrogen) atoms. The maximum absolute atomic E-state index is 13.5.